The van der Waals surface area contributed by atoms with Crippen molar-refractivity contribution in [2.45, 2.75) is 31.2 Å². The summed E-state index contributed by atoms with van der Waals surface area (Å²) in [5.74, 6) is -1.85. The minimum Gasteiger partial charge on any atom is -0.319 e. The van der Waals surface area contributed by atoms with Gasteiger partial charge in [0.15, 0.2) is 5.78 Å². The van der Waals surface area contributed by atoms with E-state index in [1.807, 2.05) is 0 Å². The van der Waals surface area contributed by atoms with Gasteiger partial charge in [0.05, 0.1) is 5.54 Å². The molecule has 2 nitrogen and oxygen atoms in total. The van der Waals surface area contributed by atoms with E-state index < -0.39 is 17.2 Å². The second kappa shape index (κ2) is 3.94. The van der Waals surface area contributed by atoms with Crippen molar-refractivity contribution in [1.82, 2.24) is 0 Å². The minimum absolute atomic E-state index is 0.0295. The number of Topliss-reactive ketones (excluding diaryl/α,β-unsaturated/α-hetero) is 1. The molecule has 1 aromatic carbocycles. The first kappa shape index (κ1) is 11.2. The molecule has 86 valence electrons. The van der Waals surface area contributed by atoms with Gasteiger partial charge in [0.1, 0.15) is 11.6 Å². The molecule has 0 heterocycles. The molecule has 0 aliphatic heterocycles. The van der Waals surface area contributed by atoms with Gasteiger partial charge < -0.3 is 5.73 Å². The fourth-order valence-corrected chi connectivity index (χ4v) is 2.21. The average Bonchev–Trinajstić information content (AvgIpc) is 2.64. The van der Waals surface area contributed by atoms with Crippen molar-refractivity contribution < 1.29 is 13.6 Å². The molecule has 0 atom stereocenters. The topological polar surface area (TPSA) is 43.1 Å². The summed E-state index contributed by atoms with van der Waals surface area (Å²) in [5, 5.41) is 0. The van der Waals surface area contributed by atoms with Gasteiger partial charge in [-0.15, -0.1) is 0 Å². The lowest BCUT2D eigenvalue weighted by molar-refractivity contribution is 0.0891. The predicted molar refractivity (Wildman–Crippen MR) is 56.1 cm³/mol. The number of hydrogen-bond acceptors (Lipinski definition) is 2. The molecule has 1 aliphatic rings. The van der Waals surface area contributed by atoms with E-state index in [-0.39, 0.29) is 11.3 Å². The van der Waals surface area contributed by atoms with E-state index in [0.717, 1.165) is 31.0 Å². The molecule has 2 N–H and O–H groups in total. The number of benzene rings is 1. The largest absolute Gasteiger partial charge is 0.319 e. The Morgan fingerprint density at radius 1 is 1.12 bits per heavy atom. The maximum Gasteiger partial charge on any atom is 0.182 e. The molecule has 1 saturated carbocycles. The molecule has 4 heteroatoms. The molecule has 1 aromatic rings. The molecule has 1 fully saturated rings. The second-order valence-corrected chi connectivity index (χ2v) is 4.35. The number of hydrogen-bond donors (Lipinski definition) is 1. The van der Waals surface area contributed by atoms with Gasteiger partial charge in [-0.2, -0.15) is 0 Å². The van der Waals surface area contributed by atoms with Crippen molar-refractivity contribution in [1.29, 1.82) is 0 Å². The fraction of sp³-hybridized carbons (Fsp3) is 0.417. The molecule has 2 rings (SSSR count). The summed E-state index contributed by atoms with van der Waals surface area (Å²) in [6.07, 6.45) is 2.95. The van der Waals surface area contributed by atoms with Gasteiger partial charge in [-0.25, -0.2) is 8.78 Å². The Kier molecular flexibility index (Phi) is 2.76. The molecule has 0 aromatic heterocycles. The molecular formula is C12H13F2NO. The summed E-state index contributed by atoms with van der Waals surface area (Å²) >= 11 is 0. The number of carbonyl (C=O) groups excluding carboxylic acids is 1. The van der Waals surface area contributed by atoms with Crippen LogP contribution in [0.3, 0.4) is 0 Å². The Morgan fingerprint density at radius 3 is 2.12 bits per heavy atom. The third-order valence-corrected chi connectivity index (χ3v) is 3.07. The van der Waals surface area contributed by atoms with Crippen LogP contribution >= 0.6 is 0 Å². The summed E-state index contributed by atoms with van der Waals surface area (Å²) in [7, 11) is 0. The summed E-state index contributed by atoms with van der Waals surface area (Å²) in [4.78, 5) is 12.0. The van der Waals surface area contributed by atoms with Crippen LogP contribution in [-0.2, 0) is 0 Å². The summed E-state index contributed by atoms with van der Waals surface area (Å²) in [6, 6.07) is 2.82. The minimum atomic E-state index is -0.930. The van der Waals surface area contributed by atoms with Crippen molar-refractivity contribution >= 4 is 5.78 Å². The van der Waals surface area contributed by atoms with Crippen molar-refractivity contribution in [3.05, 3.63) is 35.4 Å². The Bertz CT molecular complexity index is 405. The molecular weight excluding hydrogens is 212 g/mol. The number of carbonyl (C=O) groups is 1. The third-order valence-electron chi connectivity index (χ3n) is 3.07. The highest BCUT2D eigenvalue weighted by Crippen LogP contribution is 2.30. The molecule has 0 amide bonds. The Labute approximate surface area is 92.4 Å². The van der Waals surface area contributed by atoms with E-state index in [2.05, 4.69) is 0 Å². The van der Waals surface area contributed by atoms with Gasteiger partial charge in [-0.1, -0.05) is 12.8 Å². The Balaban J connectivity index is 2.33. The van der Waals surface area contributed by atoms with Crippen LogP contribution in [0.4, 0.5) is 8.78 Å². The van der Waals surface area contributed by atoms with Gasteiger partial charge >= 0.3 is 0 Å². The van der Waals surface area contributed by atoms with E-state index in [9.17, 15) is 13.6 Å². The first-order valence-electron chi connectivity index (χ1n) is 5.31. The SMILES string of the molecule is NC1(C(=O)c2cc(F)cc(F)c2)CCCC1. The van der Waals surface area contributed by atoms with E-state index in [0.29, 0.717) is 12.8 Å². The van der Waals surface area contributed by atoms with E-state index in [1.54, 1.807) is 0 Å². The maximum atomic E-state index is 13.0. The van der Waals surface area contributed by atoms with Crippen LogP contribution in [0, 0.1) is 11.6 Å². The second-order valence-electron chi connectivity index (χ2n) is 4.35. The van der Waals surface area contributed by atoms with Crippen molar-refractivity contribution in [3.8, 4) is 0 Å². The molecule has 16 heavy (non-hydrogen) atoms. The van der Waals surface area contributed by atoms with Crippen LogP contribution in [0.15, 0.2) is 18.2 Å². The standard InChI is InChI=1S/C12H13F2NO/c13-9-5-8(6-10(14)7-9)11(16)12(15)3-1-2-4-12/h5-7H,1-4,15H2. The average molecular weight is 225 g/mol. The van der Waals surface area contributed by atoms with Gasteiger partial charge in [-0.05, 0) is 25.0 Å². The first-order valence-corrected chi connectivity index (χ1v) is 5.31. The molecule has 1 aliphatic carbocycles. The molecule has 0 spiro atoms. The normalized spacial score (nSPS) is 18.7. The van der Waals surface area contributed by atoms with Gasteiger partial charge in [0.25, 0.3) is 0 Å². The highest BCUT2D eigenvalue weighted by Gasteiger charge is 2.37. The summed E-state index contributed by atoms with van der Waals surface area (Å²) in [6.45, 7) is 0. The summed E-state index contributed by atoms with van der Waals surface area (Å²) < 4.78 is 25.9. The van der Waals surface area contributed by atoms with Crippen LogP contribution < -0.4 is 5.73 Å². The Morgan fingerprint density at radius 2 is 1.62 bits per heavy atom. The zero-order chi connectivity index (χ0) is 11.8. The van der Waals surface area contributed by atoms with E-state index in [4.69, 9.17) is 5.73 Å². The fourth-order valence-electron chi connectivity index (χ4n) is 2.21. The van der Waals surface area contributed by atoms with Gasteiger partial charge in [0.2, 0.25) is 0 Å². The lowest BCUT2D eigenvalue weighted by atomic mass is 9.89. The summed E-state index contributed by atoms with van der Waals surface area (Å²) in [5.41, 5.74) is 5.04. The lowest BCUT2D eigenvalue weighted by Gasteiger charge is -2.21. The van der Waals surface area contributed by atoms with Gasteiger partial charge in [0, 0.05) is 11.6 Å². The third kappa shape index (κ3) is 1.97. The lowest BCUT2D eigenvalue weighted by Crippen LogP contribution is -2.45. The zero-order valence-electron chi connectivity index (χ0n) is 8.80. The molecule has 0 saturated heterocycles. The number of rotatable bonds is 2. The highest BCUT2D eigenvalue weighted by atomic mass is 19.1. The monoisotopic (exact) mass is 225 g/mol. The molecule has 0 radical (unpaired) electrons. The van der Waals surface area contributed by atoms with Crippen molar-refractivity contribution in [2.24, 2.45) is 5.73 Å². The van der Waals surface area contributed by atoms with Crippen LogP contribution in [0.5, 0.6) is 0 Å². The van der Waals surface area contributed by atoms with Crippen molar-refractivity contribution in [2.75, 3.05) is 0 Å². The quantitative estimate of drug-likeness (QED) is 0.785. The van der Waals surface area contributed by atoms with E-state index in [1.165, 1.54) is 0 Å². The van der Waals surface area contributed by atoms with Crippen LogP contribution in [0.2, 0.25) is 0 Å². The smallest absolute Gasteiger partial charge is 0.182 e. The van der Waals surface area contributed by atoms with Crippen molar-refractivity contribution in [3.63, 3.8) is 0 Å². The van der Waals surface area contributed by atoms with E-state index >= 15 is 0 Å². The zero-order valence-corrected chi connectivity index (χ0v) is 8.80. The number of ketones is 1. The Hall–Kier alpha value is -1.29. The van der Waals surface area contributed by atoms with Crippen LogP contribution in [0.25, 0.3) is 0 Å². The maximum absolute atomic E-state index is 13.0. The predicted octanol–water partition coefficient (Wildman–Crippen LogP) is 2.42. The highest BCUT2D eigenvalue weighted by molar-refractivity contribution is 6.03. The van der Waals surface area contributed by atoms with Gasteiger partial charge in [-0.3, -0.25) is 4.79 Å². The van der Waals surface area contributed by atoms with Crippen LogP contribution in [0.1, 0.15) is 36.0 Å². The number of halogens is 2. The van der Waals surface area contributed by atoms with Crippen LogP contribution in [-0.4, -0.2) is 11.3 Å². The first-order chi connectivity index (χ1) is 7.51. The molecule has 0 unspecified atom stereocenters. The molecule has 0 bridgehead atoms. The number of nitrogens with two attached hydrogens (primary N) is 1.